The molecule has 2 rings (SSSR count). The van der Waals surface area contributed by atoms with Crippen LogP contribution in [0.25, 0.3) is 0 Å². The molecule has 1 aromatic carbocycles. The van der Waals surface area contributed by atoms with Crippen LogP contribution in [0, 0.1) is 0 Å². The molecular formula is C19H31N3O2. The fourth-order valence-corrected chi connectivity index (χ4v) is 2.97. The van der Waals surface area contributed by atoms with Gasteiger partial charge in [0, 0.05) is 25.7 Å². The van der Waals surface area contributed by atoms with Gasteiger partial charge in [-0.25, -0.2) is 4.79 Å². The zero-order valence-electron chi connectivity index (χ0n) is 15.4. The van der Waals surface area contributed by atoms with Crippen molar-refractivity contribution in [2.75, 3.05) is 27.2 Å². The maximum atomic E-state index is 12.5. The largest absolute Gasteiger partial charge is 0.374 e. The van der Waals surface area contributed by atoms with Crippen molar-refractivity contribution < 1.29 is 9.53 Å². The first-order chi connectivity index (χ1) is 11.5. The van der Waals surface area contributed by atoms with Gasteiger partial charge in [-0.1, -0.05) is 24.3 Å². The van der Waals surface area contributed by atoms with Gasteiger partial charge in [0.1, 0.15) is 0 Å². The Morgan fingerprint density at radius 3 is 2.71 bits per heavy atom. The van der Waals surface area contributed by atoms with Gasteiger partial charge in [-0.05, 0) is 51.9 Å². The third kappa shape index (κ3) is 5.49. The normalized spacial score (nSPS) is 18.2. The number of likely N-dealkylation sites (N-methyl/N-ethyl adjacent to an activating group) is 1. The molecule has 0 radical (unpaired) electrons. The smallest absolute Gasteiger partial charge is 0.317 e. The molecule has 5 heteroatoms. The lowest BCUT2D eigenvalue weighted by Crippen LogP contribution is -2.50. The molecule has 0 unspecified atom stereocenters. The summed E-state index contributed by atoms with van der Waals surface area (Å²) >= 11 is 0. The van der Waals surface area contributed by atoms with Crippen molar-refractivity contribution in [1.29, 1.82) is 0 Å². The second kappa shape index (κ2) is 9.04. The number of nitrogens with one attached hydrogen (secondary N) is 1. The molecule has 5 nitrogen and oxygen atoms in total. The first-order valence-electron chi connectivity index (χ1n) is 8.85. The van der Waals surface area contributed by atoms with Crippen LogP contribution in [0.2, 0.25) is 0 Å². The van der Waals surface area contributed by atoms with Crippen molar-refractivity contribution in [1.82, 2.24) is 15.1 Å². The van der Waals surface area contributed by atoms with Crippen molar-refractivity contribution >= 4 is 6.03 Å². The molecular weight excluding hydrogens is 302 g/mol. The number of amides is 2. The van der Waals surface area contributed by atoms with Gasteiger partial charge in [-0.3, -0.25) is 0 Å². The van der Waals surface area contributed by atoms with Crippen LogP contribution in [0.1, 0.15) is 37.8 Å². The monoisotopic (exact) mass is 333 g/mol. The van der Waals surface area contributed by atoms with Crippen LogP contribution in [-0.4, -0.2) is 55.2 Å². The second-order valence-electron chi connectivity index (χ2n) is 6.99. The van der Waals surface area contributed by atoms with Crippen LogP contribution in [0.15, 0.2) is 24.3 Å². The van der Waals surface area contributed by atoms with Gasteiger partial charge in [0.2, 0.25) is 0 Å². The number of rotatable bonds is 6. The van der Waals surface area contributed by atoms with E-state index in [1.165, 1.54) is 0 Å². The molecule has 0 bridgehead atoms. The van der Waals surface area contributed by atoms with Crippen LogP contribution in [0.3, 0.4) is 0 Å². The Hall–Kier alpha value is -1.59. The van der Waals surface area contributed by atoms with Gasteiger partial charge in [0.05, 0.1) is 12.7 Å². The maximum Gasteiger partial charge on any atom is 0.317 e. The molecule has 1 aliphatic rings. The van der Waals surface area contributed by atoms with E-state index in [2.05, 4.69) is 36.4 Å². The van der Waals surface area contributed by atoms with E-state index in [4.69, 9.17) is 4.74 Å². The molecule has 1 saturated heterocycles. The highest BCUT2D eigenvalue weighted by molar-refractivity contribution is 5.74. The number of nitrogens with zero attached hydrogens (tertiary/aromatic N) is 2. The number of urea groups is 1. The topological polar surface area (TPSA) is 44.8 Å². The zero-order chi connectivity index (χ0) is 17.5. The molecule has 2 amide bonds. The summed E-state index contributed by atoms with van der Waals surface area (Å²) in [5.74, 6) is 0. The summed E-state index contributed by atoms with van der Waals surface area (Å²) in [7, 11) is 4.16. The highest BCUT2D eigenvalue weighted by Gasteiger charge is 2.24. The highest BCUT2D eigenvalue weighted by atomic mass is 16.5. The Bertz CT molecular complexity index is 531. The number of benzene rings is 1. The second-order valence-corrected chi connectivity index (χ2v) is 6.99. The Morgan fingerprint density at radius 2 is 2.04 bits per heavy atom. The number of hydrogen-bond acceptors (Lipinski definition) is 3. The summed E-state index contributed by atoms with van der Waals surface area (Å²) in [6.45, 7) is 6.82. The molecule has 1 aliphatic heterocycles. The van der Waals surface area contributed by atoms with Crippen molar-refractivity contribution in [2.24, 2.45) is 0 Å². The van der Waals surface area contributed by atoms with Crippen LogP contribution in [0.5, 0.6) is 0 Å². The van der Waals surface area contributed by atoms with Crippen molar-refractivity contribution in [3.05, 3.63) is 35.4 Å². The summed E-state index contributed by atoms with van der Waals surface area (Å²) in [4.78, 5) is 16.6. The van der Waals surface area contributed by atoms with Gasteiger partial charge in [-0.15, -0.1) is 0 Å². The zero-order valence-corrected chi connectivity index (χ0v) is 15.4. The molecule has 1 heterocycles. The summed E-state index contributed by atoms with van der Waals surface area (Å²) in [5.41, 5.74) is 2.25. The maximum absolute atomic E-state index is 12.5. The number of likely N-dealkylation sites (tertiary alicyclic amines) is 1. The van der Waals surface area contributed by atoms with E-state index in [1.54, 1.807) is 0 Å². The van der Waals surface area contributed by atoms with Gasteiger partial charge < -0.3 is 19.9 Å². The molecule has 134 valence electrons. The fourth-order valence-electron chi connectivity index (χ4n) is 2.97. The number of carbonyl (C=O) groups is 1. The Labute approximate surface area is 146 Å². The van der Waals surface area contributed by atoms with E-state index < -0.39 is 0 Å². The van der Waals surface area contributed by atoms with Gasteiger partial charge in [-0.2, -0.15) is 0 Å². The molecule has 0 aliphatic carbocycles. The van der Waals surface area contributed by atoms with E-state index in [1.807, 2.05) is 30.9 Å². The Kier molecular flexibility index (Phi) is 7.06. The summed E-state index contributed by atoms with van der Waals surface area (Å²) in [5, 5.41) is 3.07. The van der Waals surface area contributed by atoms with Crippen LogP contribution in [-0.2, 0) is 17.9 Å². The minimum Gasteiger partial charge on any atom is -0.374 e. The minimum atomic E-state index is 0.0288. The average Bonchev–Trinajstić information content (AvgIpc) is 2.58. The number of hydrogen-bond donors (Lipinski definition) is 1. The lowest BCUT2D eigenvalue weighted by molar-refractivity contribution is 0.0652. The number of ether oxygens (including phenoxy) is 1. The fraction of sp³-hybridized carbons (Fsp3) is 0.632. The molecule has 0 aromatic heterocycles. The van der Waals surface area contributed by atoms with Gasteiger partial charge in [0.25, 0.3) is 0 Å². The first kappa shape index (κ1) is 18.7. The average molecular weight is 333 g/mol. The summed E-state index contributed by atoms with van der Waals surface area (Å²) in [6.07, 6.45) is 2.42. The summed E-state index contributed by atoms with van der Waals surface area (Å²) < 4.78 is 5.70. The highest BCUT2D eigenvalue weighted by Crippen LogP contribution is 2.15. The predicted molar refractivity (Wildman–Crippen MR) is 96.9 cm³/mol. The van der Waals surface area contributed by atoms with E-state index in [0.717, 1.165) is 37.1 Å². The first-order valence-corrected chi connectivity index (χ1v) is 8.85. The Morgan fingerprint density at radius 1 is 1.33 bits per heavy atom. The molecule has 1 fully saturated rings. The van der Waals surface area contributed by atoms with Gasteiger partial charge >= 0.3 is 6.03 Å². The van der Waals surface area contributed by atoms with E-state index in [-0.39, 0.29) is 12.1 Å². The van der Waals surface area contributed by atoms with Crippen molar-refractivity contribution in [3.63, 3.8) is 0 Å². The predicted octanol–water partition coefficient (Wildman–Crippen LogP) is 2.85. The molecule has 0 spiro atoms. The Balaban J connectivity index is 1.89. The summed E-state index contributed by atoms with van der Waals surface area (Å²) in [6, 6.07) is 8.61. The third-order valence-electron chi connectivity index (χ3n) is 4.53. The minimum absolute atomic E-state index is 0.0288. The number of carbonyl (C=O) groups excluding carboxylic acids is 1. The SMILES string of the molecule is CC(C)OCc1ccccc1CNC(=O)N1CCC[C@@H](N(C)C)C1. The van der Waals surface area contributed by atoms with E-state index in [0.29, 0.717) is 19.2 Å². The quantitative estimate of drug-likeness (QED) is 0.871. The van der Waals surface area contributed by atoms with Gasteiger partial charge in [0.15, 0.2) is 0 Å². The van der Waals surface area contributed by atoms with Crippen molar-refractivity contribution in [3.8, 4) is 0 Å². The molecule has 1 N–H and O–H groups in total. The molecule has 1 atom stereocenters. The number of piperidine rings is 1. The van der Waals surface area contributed by atoms with Crippen LogP contribution in [0.4, 0.5) is 4.79 Å². The lowest BCUT2D eigenvalue weighted by Gasteiger charge is -2.36. The van der Waals surface area contributed by atoms with Crippen LogP contribution < -0.4 is 5.32 Å². The lowest BCUT2D eigenvalue weighted by atomic mass is 10.1. The van der Waals surface area contributed by atoms with Crippen molar-refractivity contribution in [2.45, 2.75) is 52.0 Å². The van der Waals surface area contributed by atoms with E-state index >= 15 is 0 Å². The molecule has 24 heavy (non-hydrogen) atoms. The van der Waals surface area contributed by atoms with Crippen LogP contribution >= 0.6 is 0 Å². The standard InChI is InChI=1S/C19H31N3O2/c1-15(2)24-14-17-9-6-5-8-16(17)12-20-19(23)22-11-7-10-18(13-22)21(3)4/h5-6,8-9,15,18H,7,10-14H2,1-4H3,(H,20,23)/t18-/m1/s1. The molecule has 0 saturated carbocycles. The third-order valence-corrected chi connectivity index (χ3v) is 4.53. The molecule has 1 aromatic rings. The van der Waals surface area contributed by atoms with E-state index in [9.17, 15) is 4.79 Å².